The van der Waals surface area contributed by atoms with Crippen LogP contribution in [-0.2, 0) is 9.53 Å². The van der Waals surface area contributed by atoms with Gasteiger partial charge in [0.15, 0.2) is 0 Å². The first-order valence-electron chi connectivity index (χ1n) is 9.47. The smallest absolute Gasteiger partial charge is 0.349 e. The Morgan fingerprint density at radius 3 is 2.65 bits per heavy atom. The van der Waals surface area contributed by atoms with Crippen molar-refractivity contribution in [2.24, 2.45) is 0 Å². The lowest BCUT2D eigenvalue weighted by Gasteiger charge is -2.06. The molecule has 0 unspecified atom stereocenters. The van der Waals surface area contributed by atoms with Crippen molar-refractivity contribution >= 4 is 28.9 Å². The Kier molecular flexibility index (Phi) is 7.29. The van der Waals surface area contributed by atoms with E-state index in [0.29, 0.717) is 30.5 Å². The van der Waals surface area contributed by atoms with Gasteiger partial charge in [0.1, 0.15) is 22.7 Å². The molecular formula is C23H20FNO6. The second-order valence-corrected chi connectivity index (χ2v) is 6.56. The van der Waals surface area contributed by atoms with Gasteiger partial charge in [0.05, 0.1) is 0 Å². The third-order valence-corrected chi connectivity index (χ3v) is 4.26. The molecule has 0 radical (unpaired) electrons. The highest BCUT2D eigenvalue weighted by molar-refractivity contribution is 5.97. The minimum absolute atomic E-state index is 0.114. The molecule has 1 aromatic heterocycles. The average Bonchev–Trinajstić information content (AvgIpc) is 2.75. The van der Waals surface area contributed by atoms with E-state index in [9.17, 15) is 18.8 Å². The van der Waals surface area contributed by atoms with E-state index in [-0.39, 0.29) is 22.7 Å². The molecule has 1 N–H and O–H groups in total. The zero-order chi connectivity index (χ0) is 22.2. The Morgan fingerprint density at radius 1 is 1.13 bits per heavy atom. The minimum atomic E-state index is -0.795. The average molecular weight is 425 g/mol. The predicted octanol–water partition coefficient (Wildman–Crippen LogP) is 3.32. The topological polar surface area (TPSA) is 94.8 Å². The van der Waals surface area contributed by atoms with Gasteiger partial charge < -0.3 is 19.2 Å². The summed E-state index contributed by atoms with van der Waals surface area (Å²) < 4.78 is 28.2. The number of hydrogen-bond acceptors (Lipinski definition) is 6. The van der Waals surface area contributed by atoms with Crippen molar-refractivity contribution in [3.63, 3.8) is 0 Å². The highest BCUT2D eigenvalue weighted by Crippen LogP contribution is 2.21. The Labute approximate surface area is 177 Å². The highest BCUT2D eigenvalue weighted by Gasteiger charge is 2.14. The normalized spacial score (nSPS) is 11.0. The van der Waals surface area contributed by atoms with E-state index in [1.807, 2.05) is 0 Å². The summed E-state index contributed by atoms with van der Waals surface area (Å²) in [6.07, 6.45) is 3.30. The van der Waals surface area contributed by atoms with Crippen molar-refractivity contribution in [1.29, 1.82) is 0 Å². The summed E-state index contributed by atoms with van der Waals surface area (Å²) in [6.45, 7) is 0.859. The first-order valence-corrected chi connectivity index (χ1v) is 9.47. The second kappa shape index (κ2) is 10.3. The van der Waals surface area contributed by atoms with Crippen molar-refractivity contribution in [2.45, 2.75) is 6.42 Å². The van der Waals surface area contributed by atoms with Crippen LogP contribution in [0.5, 0.6) is 5.75 Å². The zero-order valence-corrected chi connectivity index (χ0v) is 16.7. The maximum Gasteiger partial charge on any atom is 0.349 e. The van der Waals surface area contributed by atoms with Crippen LogP contribution in [0.3, 0.4) is 0 Å². The molecule has 1 amide bonds. The lowest BCUT2D eigenvalue weighted by atomic mass is 10.1. The standard InChI is InChI=1S/C23H20FNO6/c1-29-12-2-11-25-22(27)19-13-16-6-9-18(14-20(16)31-23(19)28)30-21(26)10-5-15-3-7-17(24)8-4-15/h3-10,13-14H,2,11-12H2,1H3,(H,25,27)/b10-5+. The fourth-order valence-electron chi connectivity index (χ4n) is 2.72. The largest absolute Gasteiger partial charge is 0.423 e. The first kappa shape index (κ1) is 21.9. The van der Waals surface area contributed by atoms with E-state index in [0.717, 1.165) is 0 Å². The van der Waals surface area contributed by atoms with E-state index >= 15 is 0 Å². The molecule has 3 rings (SSSR count). The minimum Gasteiger partial charge on any atom is -0.423 e. The number of methoxy groups -OCH3 is 1. The molecule has 0 aliphatic carbocycles. The fourth-order valence-corrected chi connectivity index (χ4v) is 2.72. The summed E-state index contributed by atoms with van der Waals surface area (Å²) >= 11 is 0. The SMILES string of the molecule is COCCCNC(=O)c1cc2ccc(OC(=O)/C=C/c3ccc(F)cc3)cc2oc1=O. The van der Waals surface area contributed by atoms with Gasteiger partial charge in [-0.15, -0.1) is 0 Å². The van der Waals surface area contributed by atoms with E-state index in [1.54, 1.807) is 13.2 Å². The van der Waals surface area contributed by atoms with Crippen molar-refractivity contribution < 1.29 is 27.9 Å². The number of carbonyl (C=O) groups is 2. The van der Waals surface area contributed by atoms with Gasteiger partial charge in [-0.05, 0) is 48.4 Å². The van der Waals surface area contributed by atoms with E-state index in [4.69, 9.17) is 13.9 Å². The molecule has 1 heterocycles. The Bertz CT molecular complexity index is 1170. The lowest BCUT2D eigenvalue weighted by Crippen LogP contribution is -2.29. The molecule has 0 atom stereocenters. The molecule has 0 bridgehead atoms. The van der Waals surface area contributed by atoms with E-state index in [1.165, 1.54) is 54.6 Å². The number of carbonyl (C=O) groups excluding carboxylic acids is 2. The number of benzene rings is 2. The van der Waals surface area contributed by atoms with Gasteiger partial charge in [0.25, 0.3) is 5.91 Å². The Hall–Kier alpha value is -3.78. The van der Waals surface area contributed by atoms with Gasteiger partial charge in [-0.25, -0.2) is 14.0 Å². The van der Waals surface area contributed by atoms with Crippen molar-refractivity contribution in [1.82, 2.24) is 5.32 Å². The van der Waals surface area contributed by atoms with Gasteiger partial charge in [0.2, 0.25) is 0 Å². The first-order chi connectivity index (χ1) is 15.0. The Balaban J connectivity index is 1.69. The van der Waals surface area contributed by atoms with Gasteiger partial charge in [-0.3, -0.25) is 4.79 Å². The number of hydrogen-bond donors (Lipinski definition) is 1. The van der Waals surface area contributed by atoms with Gasteiger partial charge >= 0.3 is 11.6 Å². The number of nitrogens with one attached hydrogen (secondary N) is 1. The van der Waals surface area contributed by atoms with Crippen LogP contribution in [0, 0.1) is 5.82 Å². The summed E-state index contributed by atoms with van der Waals surface area (Å²) in [6, 6.07) is 11.5. The molecule has 7 nitrogen and oxygen atoms in total. The number of amides is 1. The summed E-state index contributed by atoms with van der Waals surface area (Å²) in [7, 11) is 1.56. The van der Waals surface area contributed by atoms with Gasteiger partial charge in [0, 0.05) is 37.8 Å². The van der Waals surface area contributed by atoms with Gasteiger partial charge in [-0.1, -0.05) is 12.1 Å². The molecule has 31 heavy (non-hydrogen) atoms. The van der Waals surface area contributed by atoms with E-state index in [2.05, 4.69) is 5.32 Å². The van der Waals surface area contributed by atoms with Gasteiger partial charge in [-0.2, -0.15) is 0 Å². The molecule has 160 valence electrons. The van der Waals surface area contributed by atoms with Crippen LogP contribution in [0.15, 0.2) is 63.8 Å². The Morgan fingerprint density at radius 2 is 1.90 bits per heavy atom. The third-order valence-electron chi connectivity index (χ3n) is 4.26. The number of halogens is 1. The number of fused-ring (bicyclic) bond motifs is 1. The van der Waals surface area contributed by atoms with Crippen molar-refractivity contribution in [3.8, 4) is 5.75 Å². The summed E-state index contributed by atoms with van der Waals surface area (Å²) in [5.41, 5.74) is -0.0991. The van der Waals surface area contributed by atoms with Crippen molar-refractivity contribution in [2.75, 3.05) is 20.3 Å². The molecule has 0 saturated heterocycles. The quantitative estimate of drug-likeness (QED) is 0.196. The molecule has 2 aromatic carbocycles. The number of ether oxygens (including phenoxy) is 2. The molecular weight excluding hydrogens is 405 g/mol. The fraction of sp³-hybridized carbons (Fsp3) is 0.174. The number of rotatable bonds is 8. The summed E-state index contributed by atoms with van der Waals surface area (Å²) in [5, 5.41) is 3.13. The molecule has 8 heteroatoms. The number of esters is 1. The van der Waals surface area contributed by atoms with Crippen LogP contribution in [-0.4, -0.2) is 32.1 Å². The molecule has 0 aliphatic rings. The van der Waals surface area contributed by atoms with Crippen LogP contribution in [0.2, 0.25) is 0 Å². The second-order valence-electron chi connectivity index (χ2n) is 6.56. The molecule has 3 aromatic rings. The summed E-state index contributed by atoms with van der Waals surface area (Å²) in [5.74, 6) is -1.39. The highest BCUT2D eigenvalue weighted by atomic mass is 19.1. The van der Waals surface area contributed by atoms with Crippen LogP contribution < -0.4 is 15.7 Å². The van der Waals surface area contributed by atoms with Crippen LogP contribution in [0.1, 0.15) is 22.3 Å². The summed E-state index contributed by atoms with van der Waals surface area (Å²) in [4.78, 5) is 36.4. The van der Waals surface area contributed by atoms with Crippen LogP contribution >= 0.6 is 0 Å². The van der Waals surface area contributed by atoms with E-state index < -0.39 is 17.5 Å². The molecule has 0 spiro atoms. The maximum atomic E-state index is 12.9. The molecule has 0 fully saturated rings. The van der Waals surface area contributed by atoms with Crippen molar-refractivity contribution in [3.05, 3.63) is 82.0 Å². The molecule has 0 aliphatic heterocycles. The monoisotopic (exact) mass is 425 g/mol. The molecule has 0 saturated carbocycles. The lowest BCUT2D eigenvalue weighted by molar-refractivity contribution is -0.128. The maximum absolute atomic E-state index is 12.9. The zero-order valence-electron chi connectivity index (χ0n) is 16.7. The predicted molar refractivity (Wildman–Crippen MR) is 112 cm³/mol. The third kappa shape index (κ3) is 6.10. The van der Waals surface area contributed by atoms with Crippen LogP contribution in [0.4, 0.5) is 4.39 Å². The van der Waals surface area contributed by atoms with Crippen LogP contribution in [0.25, 0.3) is 17.0 Å².